The molecule has 0 spiro atoms. The fraction of sp³-hybridized carbons (Fsp3) is 0.929. The fourth-order valence-electron chi connectivity index (χ4n) is 2.72. The van der Waals surface area contributed by atoms with E-state index in [4.69, 9.17) is 0 Å². The lowest BCUT2D eigenvalue weighted by atomic mass is 10.2. The first-order valence-electron chi connectivity index (χ1n) is 7.91. The Hall–Kier alpha value is -0.660. The molecule has 0 radical (unpaired) electrons. The lowest BCUT2D eigenvalue weighted by molar-refractivity contribution is -0.134. The van der Waals surface area contributed by atoms with Crippen molar-refractivity contribution in [3.05, 3.63) is 0 Å². The van der Waals surface area contributed by atoms with Crippen LogP contribution in [0.3, 0.4) is 0 Å². The van der Waals surface area contributed by atoms with Crippen molar-refractivity contribution in [2.24, 2.45) is 11.8 Å². The van der Waals surface area contributed by atoms with E-state index < -0.39 is 10.0 Å². The maximum absolute atomic E-state index is 12.1. The van der Waals surface area contributed by atoms with Gasteiger partial charge in [-0.3, -0.25) is 9.69 Å². The predicted molar refractivity (Wildman–Crippen MR) is 82.4 cm³/mol. The summed E-state index contributed by atoms with van der Waals surface area (Å²) in [6, 6.07) is 0. The van der Waals surface area contributed by atoms with Gasteiger partial charge in [0.2, 0.25) is 15.9 Å². The molecule has 0 bridgehead atoms. The van der Waals surface area contributed by atoms with Crippen LogP contribution in [0.15, 0.2) is 0 Å². The van der Waals surface area contributed by atoms with Crippen LogP contribution in [0, 0.1) is 11.8 Å². The van der Waals surface area contributed by atoms with Crippen molar-refractivity contribution in [3.8, 4) is 0 Å². The van der Waals surface area contributed by atoms with Gasteiger partial charge in [-0.15, -0.1) is 0 Å². The molecular weight excluding hydrogens is 290 g/mol. The molecule has 6 nitrogen and oxygen atoms in total. The topological polar surface area (TPSA) is 69.7 Å². The van der Waals surface area contributed by atoms with Gasteiger partial charge in [-0.05, 0) is 32.2 Å². The Balaban J connectivity index is 1.60. The molecule has 2 rings (SSSR count). The lowest BCUT2D eigenvalue weighted by Gasteiger charge is -2.35. The first-order valence-corrected chi connectivity index (χ1v) is 9.56. The van der Waals surface area contributed by atoms with Crippen molar-refractivity contribution in [1.82, 2.24) is 14.5 Å². The van der Waals surface area contributed by atoms with Crippen LogP contribution in [-0.4, -0.2) is 69.1 Å². The van der Waals surface area contributed by atoms with E-state index >= 15 is 0 Å². The molecule has 0 unspecified atom stereocenters. The van der Waals surface area contributed by atoms with Gasteiger partial charge in [0, 0.05) is 38.6 Å². The standard InChI is InChI=1S/C14H27N3O3S/c1-3-21(19,20)15-5-4-6-16-7-9-17(10-8-16)14(18)13-11-12(13)2/h12-13,15H,3-11H2,1-2H3/t12-,13+/m1/s1. The van der Waals surface area contributed by atoms with Crippen LogP contribution in [0.5, 0.6) is 0 Å². The minimum atomic E-state index is -3.07. The fourth-order valence-corrected chi connectivity index (χ4v) is 3.38. The monoisotopic (exact) mass is 317 g/mol. The van der Waals surface area contributed by atoms with Gasteiger partial charge in [0.1, 0.15) is 0 Å². The second-order valence-electron chi connectivity index (χ2n) is 6.14. The molecular formula is C14H27N3O3S. The quantitative estimate of drug-likeness (QED) is 0.677. The SMILES string of the molecule is CCS(=O)(=O)NCCCN1CCN(C(=O)[C@H]2C[C@H]2C)CC1. The van der Waals surface area contributed by atoms with Crippen molar-refractivity contribution in [3.63, 3.8) is 0 Å². The second-order valence-corrected chi connectivity index (χ2v) is 8.23. The molecule has 122 valence electrons. The predicted octanol–water partition coefficient (Wildman–Crippen LogP) is 0.116. The highest BCUT2D eigenvalue weighted by Crippen LogP contribution is 2.39. The average Bonchev–Trinajstić information content (AvgIpc) is 3.20. The number of nitrogens with zero attached hydrogens (tertiary/aromatic N) is 2. The van der Waals surface area contributed by atoms with E-state index in [1.165, 1.54) is 0 Å². The molecule has 1 saturated heterocycles. The van der Waals surface area contributed by atoms with E-state index in [0.717, 1.165) is 45.6 Å². The van der Waals surface area contributed by atoms with Crippen LogP contribution in [-0.2, 0) is 14.8 Å². The van der Waals surface area contributed by atoms with Crippen molar-refractivity contribution in [1.29, 1.82) is 0 Å². The molecule has 0 aromatic carbocycles. The number of amides is 1. The smallest absolute Gasteiger partial charge is 0.226 e. The van der Waals surface area contributed by atoms with Gasteiger partial charge in [-0.2, -0.15) is 0 Å². The van der Waals surface area contributed by atoms with Crippen LogP contribution >= 0.6 is 0 Å². The summed E-state index contributed by atoms with van der Waals surface area (Å²) in [7, 11) is -3.07. The highest BCUT2D eigenvalue weighted by Gasteiger charge is 2.41. The molecule has 1 aliphatic carbocycles. The normalized spacial score (nSPS) is 26.9. The molecule has 7 heteroatoms. The average molecular weight is 317 g/mol. The minimum absolute atomic E-state index is 0.132. The van der Waals surface area contributed by atoms with Crippen molar-refractivity contribution >= 4 is 15.9 Å². The number of rotatable bonds is 7. The van der Waals surface area contributed by atoms with Gasteiger partial charge in [0.15, 0.2) is 0 Å². The largest absolute Gasteiger partial charge is 0.340 e. The minimum Gasteiger partial charge on any atom is -0.340 e. The Morgan fingerprint density at radius 1 is 1.24 bits per heavy atom. The van der Waals surface area contributed by atoms with Gasteiger partial charge < -0.3 is 4.90 Å². The number of hydrogen-bond acceptors (Lipinski definition) is 4. The van der Waals surface area contributed by atoms with E-state index in [9.17, 15) is 13.2 Å². The Labute approximate surface area is 127 Å². The number of sulfonamides is 1. The zero-order valence-corrected chi connectivity index (χ0v) is 13.9. The summed E-state index contributed by atoms with van der Waals surface area (Å²) < 4.78 is 25.2. The van der Waals surface area contributed by atoms with Gasteiger partial charge in [0.05, 0.1) is 5.75 Å². The summed E-state index contributed by atoms with van der Waals surface area (Å²) in [6.45, 7) is 8.56. The molecule has 0 aromatic heterocycles. The summed E-state index contributed by atoms with van der Waals surface area (Å²) >= 11 is 0. The Morgan fingerprint density at radius 2 is 1.86 bits per heavy atom. The Morgan fingerprint density at radius 3 is 2.38 bits per heavy atom. The highest BCUT2D eigenvalue weighted by atomic mass is 32.2. The summed E-state index contributed by atoms with van der Waals surface area (Å²) in [5, 5.41) is 0. The zero-order chi connectivity index (χ0) is 15.5. The lowest BCUT2D eigenvalue weighted by Crippen LogP contribution is -2.49. The molecule has 2 atom stereocenters. The molecule has 2 fully saturated rings. The summed E-state index contributed by atoms with van der Waals surface area (Å²) in [4.78, 5) is 16.4. The van der Waals surface area contributed by atoms with Gasteiger partial charge >= 0.3 is 0 Å². The Bertz CT molecular complexity index is 458. The van der Waals surface area contributed by atoms with Crippen molar-refractivity contribution in [2.75, 3.05) is 45.0 Å². The number of piperazine rings is 1. The van der Waals surface area contributed by atoms with Crippen molar-refractivity contribution in [2.45, 2.75) is 26.7 Å². The summed E-state index contributed by atoms with van der Waals surface area (Å²) in [5.41, 5.74) is 0. The number of carbonyl (C=O) groups is 1. The molecule has 21 heavy (non-hydrogen) atoms. The molecule has 1 N–H and O–H groups in total. The van der Waals surface area contributed by atoms with E-state index in [2.05, 4.69) is 16.5 Å². The maximum Gasteiger partial charge on any atom is 0.226 e. The third kappa shape index (κ3) is 4.93. The highest BCUT2D eigenvalue weighted by molar-refractivity contribution is 7.89. The number of nitrogens with one attached hydrogen (secondary N) is 1. The van der Waals surface area contributed by atoms with Gasteiger partial charge in [-0.25, -0.2) is 13.1 Å². The van der Waals surface area contributed by atoms with E-state index in [1.54, 1.807) is 6.92 Å². The summed E-state index contributed by atoms with van der Waals surface area (Å²) in [6.07, 6.45) is 1.86. The first-order chi connectivity index (χ1) is 9.93. The number of carbonyl (C=O) groups excluding carboxylic acids is 1. The first kappa shape index (κ1) is 16.7. The van der Waals surface area contributed by atoms with E-state index in [-0.39, 0.29) is 11.7 Å². The molecule has 1 saturated carbocycles. The molecule has 2 aliphatic rings. The second kappa shape index (κ2) is 7.07. The van der Waals surface area contributed by atoms with Crippen LogP contribution in [0.4, 0.5) is 0 Å². The summed E-state index contributed by atoms with van der Waals surface area (Å²) in [5.74, 6) is 1.31. The van der Waals surface area contributed by atoms with Crippen LogP contribution in [0.2, 0.25) is 0 Å². The van der Waals surface area contributed by atoms with Crippen LogP contribution in [0.25, 0.3) is 0 Å². The van der Waals surface area contributed by atoms with Crippen molar-refractivity contribution < 1.29 is 13.2 Å². The zero-order valence-electron chi connectivity index (χ0n) is 13.0. The van der Waals surface area contributed by atoms with Crippen LogP contribution < -0.4 is 4.72 Å². The number of hydrogen-bond donors (Lipinski definition) is 1. The maximum atomic E-state index is 12.1. The third-order valence-corrected chi connectivity index (χ3v) is 5.87. The van der Waals surface area contributed by atoms with E-state index in [1.807, 2.05) is 4.90 Å². The van der Waals surface area contributed by atoms with E-state index in [0.29, 0.717) is 18.4 Å². The van der Waals surface area contributed by atoms with Gasteiger partial charge in [0.25, 0.3) is 0 Å². The molecule has 1 amide bonds. The Kier molecular flexibility index (Phi) is 5.62. The van der Waals surface area contributed by atoms with Gasteiger partial charge in [-0.1, -0.05) is 6.92 Å². The molecule has 1 aliphatic heterocycles. The molecule has 1 heterocycles. The third-order valence-electron chi connectivity index (χ3n) is 4.46. The molecule has 0 aromatic rings. The van der Waals surface area contributed by atoms with Crippen LogP contribution in [0.1, 0.15) is 26.7 Å².